The molecule has 0 aromatic rings. The average Bonchev–Trinajstić information content (AvgIpc) is 2.38. The molecule has 0 aliphatic heterocycles. The van der Waals surface area contributed by atoms with Gasteiger partial charge < -0.3 is 10.2 Å². The Bertz CT molecular complexity index is 285. The van der Waals surface area contributed by atoms with Crippen LogP contribution in [0.1, 0.15) is 57.8 Å². The summed E-state index contributed by atoms with van der Waals surface area (Å²) in [5.41, 5.74) is -0.776. The molecule has 0 atom stereocenters. The van der Waals surface area contributed by atoms with E-state index in [1.807, 2.05) is 0 Å². The van der Waals surface area contributed by atoms with E-state index in [0.29, 0.717) is 25.7 Å². The van der Waals surface area contributed by atoms with Crippen LogP contribution in [0.5, 0.6) is 0 Å². The van der Waals surface area contributed by atoms with Gasteiger partial charge in [-0.3, -0.25) is 9.59 Å². The third-order valence-corrected chi connectivity index (χ3v) is 4.26. The highest BCUT2D eigenvalue weighted by Gasteiger charge is 2.36. The van der Waals surface area contributed by atoms with Crippen LogP contribution in [0, 0.1) is 5.41 Å². The lowest BCUT2D eigenvalue weighted by atomic mass is 9.74. The highest BCUT2D eigenvalue weighted by Crippen LogP contribution is 2.37. The molecule has 20 heavy (non-hydrogen) atoms. The summed E-state index contributed by atoms with van der Waals surface area (Å²) in [6.45, 7) is 0. The predicted octanol–water partition coefficient (Wildman–Crippen LogP) is 3.51. The quantitative estimate of drug-likeness (QED) is 0.309. The number of thiol groups is 2. The zero-order valence-electron chi connectivity index (χ0n) is 11.9. The lowest BCUT2D eigenvalue weighted by Crippen LogP contribution is -2.31. The summed E-state index contributed by atoms with van der Waals surface area (Å²) in [6.07, 6.45) is 5.54. The van der Waals surface area contributed by atoms with Gasteiger partial charge in [-0.15, -0.1) is 0 Å². The lowest BCUT2D eigenvalue weighted by molar-refractivity contribution is -0.151. The molecule has 0 saturated carbocycles. The van der Waals surface area contributed by atoms with Crippen molar-refractivity contribution < 1.29 is 19.8 Å². The largest absolute Gasteiger partial charge is 0.481 e. The zero-order valence-corrected chi connectivity index (χ0v) is 13.7. The summed E-state index contributed by atoms with van der Waals surface area (Å²) in [7, 11) is 0. The fraction of sp³-hybridized carbons (Fsp3) is 0.857. The van der Waals surface area contributed by atoms with Gasteiger partial charge in [0.1, 0.15) is 0 Å². The predicted molar refractivity (Wildman–Crippen MR) is 87.0 cm³/mol. The van der Waals surface area contributed by atoms with Crippen molar-refractivity contribution in [3.05, 3.63) is 0 Å². The second-order valence-electron chi connectivity index (χ2n) is 5.19. The molecule has 0 bridgehead atoms. The Balaban J connectivity index is 4.63. The number of unbranched alkanes of at least 4 members (excludes halogenated alkanes) is 2. The number of hydrogen-bond donors (Lipinski definition) is 4. The molecular formula is C14H26O4S2. The maximum absolute atomic E-state index is 11.7. The molecular weight excluding hydrogens is 296 g/mol. The van der Waals surface area contributed by atoms with E-state index in [9.17, 15) is 14.7 Å². The molecule has 0 aromatic carbocycles. The van der Waals surface area contributed by atoms with Gasteiger partial charge in [0, 0.05) is 6.42 Å². The van der Waals surface area contributed by atoms with Gasteiger partial charge in [-0.1, -0.05) is 12.8 Å². The molecule has 2 N–H and O–H groups in total. The van der Waals surface area contributed by atoms with Crippen LogP contribution in [0.3, 0.4) is 0 Å². The van der Waals surface area contributed by atoms with Gasteiger partial charge in [0.25, 0.3) is 0 Å². The van der Waals surface area contributed by atoms with Gasteiger partial charge in [0.05, 0.1) is 5.41 Å². The van der Waals surface area contributed by atoms with Gasteiger partial charge in [-0.05, 0) is 50.0 Å². The number of carboxylic acids is 2. The van der Waals surface area contributed by atoms with E-state index in [2.05, 4.69) is 25.3 Å². The van der Waals surface area contributed by atoms with Gasteiger partial charge >= 0.3 is 11.9 Å². The van der Waals surface area contributed by atoms with E-state index in [4.69, 9.17) is 5.11 Å². The average molecular weight is 322 g/mol. The SMILES string of the molecule is O=C(O)CCCC(CCCCS)(CCCCS)C(=O)O. The summed E-state index contributed by atoms with van der Waals surface area (Å²) in [5, 5.41) is 18.3. The Morgan fingerprint density at radius 3 is 1.60 bits per heavy atom. The number of hydrogen-bond acceptors (Lipinski definition) is 4. The molecule has 0 amide bonds. The van der Waals surface area contributed by atoms with Crippen molar-refractivity contribution in [2.24, 2.45) is 5.41 Å². The van der Waals surface area contributed by atoms with E-state index in [1.54, 1.807) is 0 Å². The Hall–Kier alpha value is -0.360. The monoisotopic (exact) mass is 322 g/mol. The van der Waals surface area contributed by atoms with E-state index in [1.165, 1.54) is 0 Å². The maximum Gasteiger partial charge on any atom is 0.309 e. The number of aliphatic carboxylic acids is 2. The minimum absolute atomic E-state index is 0.0359. The van der Waals surface area contributed by atoms with E-state index in [0.717, 1.165) is 37.2 Å². The topological polar surface area (TPSA) is 74.6 Å². The summed E-state index contributed by atoms with van der Waals surface area (Å²) < 4.78 is 0. The van der Waals surface area contributed by atoms with Gasteiger partial charge in [-0.25, -0.2) is 0 Å². The summed E-state index contributed by atoms with van der Waals surface area (Å²) in [4.78, 5) is 22.3. The fourth-order valence-corrected chi connectivity index (χ4v) is 2.87. The van der Waals surface area contributed by atoms with Crippen LogP contribution < -0.4 is 0 Å². The van der Waals surface area contributed by atoms with Gasteiger partial charge in [0.2, 0.25) is 0 Å². The van der Waals surface area contributed by atoms with E-state index >= 15 is 0 Å². The van der Waals surface area contributed by atoms with Crippen molar-refractivity contribution in [2.75, 3.05) is 11.5 Å². The summed E-state index contributed by atoms with van der Waals surface area (Å²) in [6, 6.07) is 0. The molecule has 0 aliphatic carbocycles. The summed E-state index contributed by atoms with van der Waals surface area (Å²) in [5.74, 6) is -0.153. The molecule has 0 aromatic heterocycles. The van der Waals surface area contributed by atoms with E-state index < -0.39 is 17.4 Å². The first-order chi connectivity index (χ1) is 9.48. The standard InChI is InChI=1S/C14H26O4S2/c15-12(16)6-5-9-14(13(17)18,7-1-3-10-19)8-2-4-11-20/h19-20H,1-11H2,(H,15,16)(H,17,18). The van der Waals surface area contributed by atoms with Crippen molar-refractivity contribution in [3.63, 3.8) is 0 Å². The van der Waals surface area contributed by atoms with Crippen molar-refractivity contribution in [1.29, 1.82) is 0 Å². The van der Waals surface area contributed by atoms with Crippen molar-refractivity contribution in [1.82, 2.24) is 0 Å². The van der Waals surface area contributed by atoms with Crippen LogP contribution in [0.15, 0.2) is 0 Å². The Morgan fingerprint density at radius 2 is 1.25 bits per heavy atom. The van der Waals surface area contributed by atoms with Crippen LogP contribution in [0.25, 0.3) is 0 Å². The first-order valence-corrected chi connectivity index (χ1v) is 8.42. The number of carbonyl (C=O) groups is 2. The number of rotatable bonds is 13. The van der Waals surface area contributed by atoms with E-state index in [-0.39, 0.29) is 6.42 Å². The molecule has 0 rings (SSSR count). The zero-order chi connectivity index (χ0) is 15.4. The van der Waals surface area contributed by atoms with Crippen molar-refractivity contribution in [3.8, 4) is 0 Å². The molecule has 0 spiro atoms. The highest BCUT2D eigenvalue weighted by atomic mass is 32.1. The summed E-state index contributed by atoms with van der Waals surface area (Å²) >= 11 is 8.30. The smallest absolute Gasteiger partial charge is 0.309 e. The molecule has 118 valence electrons. The van der Waals surface area contributed by atoms with Crippen LogP contribution >= 0.6 is 25.3 Å². The number of carboxylic acid groups (broad SMARTS) is 2. The van der Waals surface area contributed by atoms with Crippen molar-refractivity contribution in [2.45, 2.75) is 57.8 Å². The molecule has 4 nitrogen and oxygen atoms in total. The third kappa shape index (κ3) is 8.04. The lowest BCUT2D eigenvalue weighted by Gasteiger charge is -2.29. The van der Waals surface area contributed by atoms with Crippen molar-refractivity contribution >= 4 is 37.2 Å². The Kier molecular flexibility index (Phi) is 11.1. The van der Waals surface area contributed by atoms with Crippen LogP contribution in [-0.4, -0.2) is 33.7 Å². The minimum Gasteiger partial charge on any atom is -0.481 e. The molecule has 0 unspecified atom stereocenters. The molecule has 0 aliphatic rings. The van der Waals surface area contributed by atoms with Crippen LogP contribution in [-0.2, 0) is 9.59 Å². The third-order valence-electron chi connectivity index (χ3n) is 3.63. The van der Waals surface area contributed by atoms with Crippen LogP contribution in [0.2, 0.25) is 0 Å². The molecule has 0 heterocycles. The molecule has 0 fully saturated rings. The van der Waals surface area contributed by atoms with Gasteiger partial charge in [-0.2, -0.15) is 25.3 Å². The Labute approximate surface area is 132 Å². The maximum atomic E-state index is 11.7. The van der Waals surface area contributed by atoms with Gasteiger partial charge in [0.15, 0.2) is 0 Å². The minimum atomic E-state index is -0.866. The first-order valence-electron chi connectivity index (χ1n) is 7.15. The normalized spacial score (nSPS) is 11.5. The Morgan fingerprint density at radius 1 is 0.800 bits per heavy atom. The van der Waals surface area contributed by atoms with Crippen LogP contribution in [0.4, 0.5) is 0 Å². The second kappa shape index (κ2) is 11.3. The fourth-order valence-electron chi connectivity index (χ4n) is 2.42. The molecule has 0 saturated heterocycles. The molecule has 0 radical (unpaired) electrons. The highest BCUT2D eigenvalue weighted by molar-refractivity contribution is 7.80. The second-order valence-corrected chi connectivity index (χ2v) is 6.09. The first kappa shape index (κ1) is 19.6. The molecule has 6 heteroatoms.